The summed E-state index contributed by atoms with van der Waals surface area (Å²) in [6.07, 6.45) is -4.43. The van der Waals surface area contributed by atoms with E-state index >= 15 is 0 Å². The quantitative estimate of drug-likeness (QED) is 0.409. The van der Waals surface area contributed by atoms with E-state index in [1.807, 2.05) is 67.6 Å². The summed E-state index contributed by atoms with van der Waals surface area (Å²) in [7, 11) is 0. The fraction of sp³-hybridized carbons (Fsp3) is 0.208. The predicted octanol–water partition coefficient (Wildman–Crippen LogP) is 5.01. The lowest BCUT2D eigenvalue weighted by atomic mass is 9.86. The number of amides is 1. The number of benzene rings is 2. The predicted molar refractivity (Wildman–Crippen MR) is 128 cm³/mol. The Balaban J connectivity index is 0.000000540. The average Bonchev–Trinajstić information content (AvgIpc) is 2.79. The lowest BCUT2D eigenvalue weighted by Gasteiger charge is -2.25. The molecule has 5 nitrogen and oxygen atoms in total. The number of carbonyl (C=O) groups is 2. The first-order valence-corrected chi connectivity index (χ1v) is 11.7. The molecule has 0 saturated carbocycles. The Morgan fingerprint density at radius 3 is 2.00 bits per heavy atom. The summed E-state index contributed by atoms with van der Waals surface area (Å²) in [6, 6.07) is 20.9. The van der Waals surface area contributed by atoms with E-state index in [1.165, 1.54) is 0 Å². The Kier molecular flexibility index (Phi) is 10.5. The van der Waals surface area contributed by atoms with Crippen LogP contribution < -0.4 is 15.4 Å². The number of halogens is 6. The molecule has 0 aliphatic carbocycles. The zero-order valence-electron chi connectivity index (χ0n) is 18.2. The molecule has 0 bridgehead atoms. The van der Waals surface area contributed by atoms with Crippen molar-refractivity contribution in [2.75, 3.05) is 0 Å². The van der Waals surface area contributed by atoms with Crippen LogP contribution in [0.2, 0.25) is 10.0 Å². The fourth-order valence-electron chi connectivity index (χ4n) is 3.13. The molecule has 2 atom stereocenters. The van der Waals surface area contributed by atoms with E-state index in [0.29, 0.717) is 15.7 Å². The van der Waals surface area contributed by atoms with Crippen LogP contribution in [-0.2, 0) is 11.2 Å². The van der Waals surface area contributed by atoms with Gasteiger partial charge in [0.25, 0.3) is 5.69 Å². The Bertz CT molecular complexity index is 1140. The van der Waals surface area contributed by atoms with E-state index < -0.39 is 12.1 Å². The molecule has 186 valence electrons. The first-order chi connectivity index (χ1) is 16.4. The smallest absolute Gasteiger partial charge is 0.430 e. The number of nitrogens with one attached hydrogen (secondary N) is 2. The van der Waals surface area contributed by atoms with E-state index in [9.17, 15) is 18.0 Å². The SMILES string of the molecule is C[C@@H](NC(=O)c1cccc(Br)[nH+]1)[C@H](Cc1ccc(Cl)cc1)c1ccc(Cl)cc1.O=C([O-])C(F)(F)F. The summed E-state index contributed by atoms with van der Waals surface area (Å²) in [5.41, 5.74) is 2.77. The molecule has 0 aliphatic rings. The number of hydrogen-bond acceptors (Lipinski definition) is 3. The minimum atomic E-state index is -5.19. The third kappa shape index (κ3) is 9.51. The van der Waals surface area contributed by atoms with E-state index in [0.717, 1.165) is 22.2 Å². The Hall–Kier alpha value is -2.62. The van der Waals surface area contributed by atoms with Gasteiger partial charge in [-0.2, -0.15) is 18.2 Å². The summed E-state index contributed by atoms with van der Waals surface area (Å²) in [6.45, 7) is 2.02. The van der Waals surface area contributed by atoms with Crippen molar-refractivity contribution in [3.05, 3.63) is 98.2 Å². The van der Waals surface area contributed by atoms with Gasteiger partial charge < -0.3 is 15.2 Å². The Morgan fingerprint density at radius 1 is 1.00 bits per heavy atom. The monoisotopic (exact) mass is 590 g/mol. The Morgan fingerprint density at radius 2 is 1.51 bits per heavy atom. The van der Waals surface area contributed by atoms with Crippen LogP contribution in [0.15, 0.2) is 71.3 Å². The molecule has 3 rings (SSSR count). The standard InChI is InChI=1S/C22H19BrCl2N2O.C2HF3O2/c1-14(26-22(28)20-3-2-4-21(23)27-20)19(16-7-11-18(25)12-8-16)13-15-5-9-17(24)10-6-15;3-2(4,5)1(6)7/h2-12,14,19H,13H2,1H3,(H,26,28);(H,6,7)/t14-,19+;/m1./s1. The molecule has 0 spiro atoms. The second-order valence-corrected chi connectivity index (χ2v) is 9.18. The third-order valence-corrected chi connectivity index (χ3v) is 5.83. The van der Waals surface area contributed by atoms with Gasteiger partial charge in [-0.1, -0.05) is 47.5 Å². The number of carboxylic acids is 1. The molecule has 35 heavy (non-hydrogen) atoms. The number of alkyl halides is 3. The van der Waals surface area contributed by atoms with Crippen LogP contribution in [0.25, 0.3) is 0 Å². The van der Waals surface area contributed by atoms with Crippen molar-refractivity contribution in [3.8, 4) is 0 Å². The number of carbonyl (C=O) groups excluding carboxylic acids is 2. The number of aliphatic carboxylic acids is 1. The molecule has 2 aromatic carbocycles. The molecule has 0 unspecified atom stereocenters. The van der Waals surface area contributed by atoms with Gasteiger partial charge in [0.1, 0.15) is 5.97 Å². The molecule has 11 heteroatoms. The molecular weight excluding hydrogens is 572 g/mol. The fourth-order valence-corrected chi connectivity index (χ4v) is 3.74. The maximum absolute atomic E-state index is 12.7. The van der Waals surface area contributed by atoms with Gasteiger partial charge in [-0.15, -0.1) is 0 Å². The first-order valence-electron chi connectivity index (χ1n) is 10.1. The Labute approximate surface area is 218 Å². The highest BCUT2D eigenvalue weighted by atomic mass is 79.9. The van der Waals surface area contributed by atoms with Crippen LogP contribution in [0.1, 0.15) is 34.5 Å². The number of rotatable bonds is 6. The topological polar surface area (TPSA) is 83.4 Å². The molecule has 0 radical (unpaired) electrons. The van der Waals surface area contributed by atoms with Crippen LogP contribution in [0.5, 0.6) is 0 Å². The lowest BCUT2D eigenvalue weighted by Crippen LogP contribution is -2.40. The summed E-state index contributed by atoms with van der Waals surface area (Å²) in [5, 5.41) is 13.3. The van der Waals surface area contributed by atoms with Gasteiger partial charge in [0.2, 0.25) is 4.60 Å². The van der Waals surface area contributed by atoms with Crippen molar-refractivity contribution in [1.29, 1.82) is 0 Å². The highest BCUT2D eigenvalue weighted by Crippen LogP contribution is 2.27. The normalized spacial score (nSPS) is 12.7. The molecule has 1 heterocycles. The number of carboxylic acid groups (broad SMARTS) is 1. The van der Waals surface area contributed by atoms with Crippen molar-refractivity contribution in [2.45, 2.75) is 31.5 Å². The van der Waals surface area contributed by atoms with Gasteiger partial charge in [0.15, 0.2) is 0 Å². The zero-order valence-corrected chi connectivity index (χ0v) is 21.3. The highest BCUT2D eigenvalue weighted by Gasteiger charge is 2.29. The van der Waals surface area contributed by atoms with Gasteiger partial charge in [-0.3, -0.25) is 4.79 Å². The summed E-state index contributed by atoms with van der Waals surface area (Å²) in [4.78, 5) is 24.5. The zero-order chi connectivity index (χ0) is 26.2. The molecule has 0 fully saturated rings. The summed E-state index contributed by atoms with van der Waals surface area (Å²) >= 11 is 15.4. The number of pyridine rings is 1. The van der Waals surface area contributed by atoms with Gasteiger partial charge in [-0.25, -0.2) is 0 Å². The lowest BCUT2D eigenvalue weighted by molar-refractivity contribution is -0.396. The third-order valence-electron chi connectivity index (χ3n) is 4.86. The van der Waals surface area contributed by atoms with Crippen LogP contribution >= 0.6 is 39.1 Å². The van der Waals surface area contributed by atoms with E-state index in [-0.39, 0.29) is 17.9 Å². The molecule has 0 saturated heterocycles. The van der Waals surface area contributed by atoms with Gasteiger partial charge in [0.05, 0.1) is 0 Å². The van der Waals surface area contributed by atoms with E-state index in [1.54, 1.807) is 6.07 Å². The first kappa shape index (κ1) is 28.6. The van der Waals surface area contributed by atoms with E-state index in [4.69, 9.17) is 33.1 Å². The number of hydrogen-bond donors (Lipinski definition) is 1. The molecule has 3 aromatic rings. The summed E-state index contributed by atoms with van der Waals surface area (Å²) in [5.74, 6) is -3.08. The number of aromatic nitrogens is 1. The summed E-state index contributed by atoms with van der Waals surface area (Å²) < 4.78 is 32.3. The van der Waals surface area contributed by atoms with Crippen LogP contribution in [0.4, 0.5) is 13.2 Å². The molecule has 1 amide bonds. The van der Waals surface area contributed by atoms with Crippen LogP contribution in [-0.4, -0.2) is 24.1 Å². The molecule has 1 aromatic heterocycles. The van der Waals surface area contributed by atoms with Gasteiger partial charge in [0, 0.05) is 50.1 Å². The number of aromatic amines is 1. The van der Waals surface area contributed by atoms with Gasteiger partial charge >= 0.3 is 12.1 Å². The second kappa shape index (κ2) is 12.9. The van der Waals surface area contributed by atoms with Crippen LogP contribution in [0, 0.1) is 0 Å². The molecule has 0 aliphatic heterocycles. The highest BCUT2D eigenvalue weighted by molar-refractivity contribution is 9.10. The minimum Gasteiger partial charge on any atom is -0.542 e. The van der Waals surface area contributed by atoms with Gasteiger partial charge in [-0.05, 0) is 54.8 Å². The van der Waals surface area contributed by atoms with Crippen LogP contribution in [0.3, 0.4) is 0 Å². The van der Waals surface area contributed by atoms with Crippen molar-refractivity contribution in [1.82, 2.24) is 5.32 Å². The van der Waals surface area contributed by atoms with Crippen molar-refractivity contribution in [2.24, 2.45) is 0 Å². The van der Waals surface area contributed by atoms with Crippen molar-refractivity contribution >= 4 is 51.0 Å². The second-order valence-electron chi connectivity index (χ2n) is 7.45. The minimum absolute atomic E-state index is 0.0783. The van der Waals surface area contributed by atoms with Crippen molar-refractivity contribution in [3.63, 3.8) is 0 Å². The maximum Gasteiger partial charge on any atom is 0.430 e. The van der Waals surface area contributed by atoms with Crippen molar-refractivity contribution < 1.29 is 32.9 Å². The molecular formula is C24H20BrCl2F3N2O3. The molecule has 2 N–H and O–H groups in total. The largest absolute Gasteiger partial charge is 0.542 e. The average molecular weight is 592 g/mol. The maximum atomic E-state index is 12.7. The number of H-pyrrole nitrogens is 1. The van der Waals surface area contributed by atoms with E-state index in [2.05, 4.69) is 26.2 Å².